The van der Waals surface area contributed by atoms with Crippen LogP contribution in [0.1, 0.15) is 16.1 Å². The van der Waals surface area contributed by atoms with Gasteiger partial charge >= 0.3 is 0 Å². The van der Waals surface area contributed by atoms with Crippen molar-refractivity contribution in [2.45, 2.75) is 13.0 Å². The quantitative estimate of drug-likeness (QED) is 0.874. The summed E-state index contributed by atoms with van der Waals surface area (Å²) in [5, 5.41) is 14.7. The third kappa shape index (κ3) is 4.31. The summed E-state index contributed by atoms with van der Waals surface area (Å²) in [6, 6.07) is 7.19. The molecule has 1 amide bonds. The average molecular weight is 338 g/mol. The lowest BCUT2D eigenvalue weighted by molar-refractivity contribution is 0.0380. The van der Waals surface area contributed by atoms with E-state index in [-0.39, 0.29) is 19.1 Å². The van der Waals surface area contributed by atoms with E-state index in [1.165, 1.54) is 12.0 Å². The number of rotatable bonds is 6. The maximum atomic E-state index is 12.5. The van der Waals surface area contributed by atoms with Crippen LogP contribution in [-0.2, 0) is 4.74 Å². The van der Waals surface area contributed by atoms with Crippen molar-refractivity contribution in [3.63, 3.8) is 0 Å². The molecule has 2 aromatic rings. The first-order valence-electron chi connectivity index (χ1n) is 7.17. The molecule has 0 aliphatic carbocycles. The van der Waals surface area contributed by atoms with Crippen molar-refractivity contribution in [3.8, 4) is 5.69 Å². The molecular weight excluding hydrogens is 318 g/mol. The predicted molar refractivity (Wildman–Crippen MR) is 88.2 cm³/mol. The Labute approximate surface area is 140 Å². The largest absolute Gasteiger partial charge is 0.389 e. The molecule has 0 radical (unpaired) electrons. The van der Waals surface area contributed by atoms with Gasteiger partial charge in [-0.25, -0.2) is 4.68 Å². The number of hydrogen-bond donors (Lipinski definition) is 1. The van der Waals surface area contributed by atoms with Gasteiger partial charge in [0, 0.05) is 31.9 Å². The number of aliphatic hydroxyl groups excluding tert-OH is 1. The Morgan fingerprint density at radius 1 is 1.43 bits per heavy atom. The molecule has 1 unspecified atom stereocenters. The van der Waals surface area contributed by atoms with Crippen LogP contribution in [0.2, 0.25) is 5.02 Å². The summed E-state index contributed by atoms with van der Waals surface area (Å²) in [6.07, 6.45) is 0.959. The number of hydrogen-bond acceptors (Lipinski definition) is 4. The lowest BCUT2D eigenvalue weighted by Gasteiger charge is -2.20. The van der Waals surface area contributed by atoms with E-state index in [1.807, 2.05) is 12.1 Å². The molecule has 0 saturated heterocycles. The van der Waals surface area contributed by atoms with Crippen LogP contribution in [0, 0.1) is 6.92 Å². The van der Waals surface area contributed by atoms with Crippen LogP contribution in [0.25, 0.3) is 5.69 Å². The summed E-state index contributed by atoms with van der Waals surface area (Å²) >= 11 is 5.88. The molecule has 1 N–H and O–H groups in total. The fourth-order valence-electron chi connectivity index (χ4n) is 2.25. The lowest BCUT2D eigenvalue weighted by atomic mass is 10.2. The Morgan fingerprint density at radius 2 is 2.09 bits per heavy atom. The first kappa shape index (κ1) is 17.5. The zero-order chi connectivity index (χ0) is 17.0. The molecule has 0 saturated carbocycles. The van der Waals surface area contributed by atoms with Gasteiger partial charge in [-0.15, -0.1) is 0 Å². The van der Waals surface area contributed by atoms with Crippen LogP contribution >= 0.6 is 11.6 Å². The number of nitrogens with zero attached hydrogens (tertiary/aromatic N) is 3. The molecule has 1 aromatic carbocycles. The molecule has 1 aromatic heterocycles. The van der Waals surface area contributed by atoms with Gasteiger partial charge in [-0.2, -0.15) is 5.10 Å². The second-order valence-electron chi connectivity index (χ2n) is 5.34. The molecule has 2 rings (SSSR count). The van der Waals surface area contributed by atoms with Gasteiger partial charge in [0.25, 0.3) is 5.91 Å². The Kier molecular flexibility index (Phi) is 5.76. The number of methoxy groups -OCH3 is 1. The number of halogens is 1. The molecule has 0 aliphatic rings. The van der Waals surface area contributed by atoms with Crippen LogP contribution < -0.4 is 0 Å². The van der Waals surface area contributed by atoms with Crippen molar-refractivity contribution in [2.75, 3.05) is 27.3 Å². The van der Waals surface area contributed by atoms with Crippen LogP contribution in [-0.4, -0.2) is 59.1 Å². The van der Waals surface area contributed by atoms with Gasteiger partial charge < -0.3 is 14.7 Å². The molecule has 1 heterocycles. The van der Waals surface area contributed by atoms with Crippen molar-refractivity contribution in [1.29, 1.82) is 0 Å². The molecule has 0 bridgehead atoms. The van der Waals surface area contributed by atoms with Gasteiger partial charge in [0.05, 0.1) is 29.7 Å². The fraction of sp³-hybridized carbons (Fsp3) is 0.375. The summed E-state index contributed by atoms with van der Waals surface area (Å²) in [4.78, 5) is 14.0. The molecule has 0 fully saturated rings. The number of aryl methyl sites for hydroxylation is 1. The lowest BCUT2D eigenvalue weighted by Crippen LogP contribution is -2.36. The highest BCUT2D eigenvalue weighted by Crippen LogP contribution is 2.16. The maximum Gasteiger partial charge on any atom is 0.257 e. The number of ether oxygens (including phenoxy) is 1. The number of carbonyl (C=O) groups excluding carboxylic acids is 1. The van der Waals surface area contributed by atoms with Crippen molar-refractivity contribution < 1.29 is 14.6 Å². The Bertz CT molecular complexity index is 670. The SMILES string of the molecule is COCC(O)CN(C)C(=O)c1cn(-c2ccc(Cl)cc2)nc1C. The Morgan fingerprint density at radius 3 is 2.70 bits per heavy atom. The molecule has 0 spiro atoms. The third-order valence-corrected chi connectivity index (χ3v) is 3.66. The summed E-state index contributed by atoms with van der Waals surface area (Å²) in [5.41, 5.74) is 1.93. The second kappa shape index (κ2) is 7.59. The topological polar surface area (TPSA) is 67.6 Å². The molecule has 0 aliphatic heterocycles. The van der Waals surface area contributed by atoms with Gasteiger partial charge in [-0.1, -0.05) is 11.6 Å². The molecular formula is C16H20ClN3O3. The van der Waals surface area contributed by atoms with E-state index in [2.05, 4.69) is 5.10 Å². The minimum Gasteiger partial charge on any atom is -0.389 e. The highest BCUT2D eigenvalue weighted by molar-refractivity contribution is 6.30. The van der Waals surface area contributed by atoms with E-state index in [1.54, 1.807) is 37.0 Å². The smallest absolute Gasteiger partial charge is 0.257 e. The Balaban J connectivity index is 2.17. The predicted octanol–water partition coefficient (Wildman–Crippen LogP) is 1.91. The standard InChI is InChI=1S/C16H20ClN3O3/c1-11-15(16(22)19(2)8-14(21)10-23-3)9-20(18-11)13-6-4-12(17)5-7-13/h4-7,9,14,21H,8,10H2,1-3H3. The van der Waals surface area contributed by atoms with Gasteiger partial charge in [-0.3, -0.25) is 4.79 Å². The maximum absolute atomic E-state index is 12.5. The summed E-state index contributed by atoms with van der Waals surface area (Å²) in [5.74, 6) is -0.196. The van der Waals surface area contributed by atoms with Crippen LogP contribution in [0.5, 0.6) is 0 Å². The summed E-state index contributed by atoms with van der Waals surface area (Å²) < 4.78 is 6.51. The first-order chi connectivity index (χ1) is 10.9. The number of aromatic nitrogens is 2. The van der Waals surface area contributed by atoms with Crippen LogP contribution in [0.15, 0.2) is 30.5 Å². The van der Waals surface area contributed by atoms with Crippen molar-refractivity contribution in [2.24, 2.45) is 0 Å². The van der Waals surface area contributed by atoms with Crippen molar-refractivity contribution >= 4 is 17.5 Å². The zero-order valence-electron chi connectivity index (χ0n) is 13.4. The van der Waals surface area contributed by atoms with E-state index in [9.17, 15) is 9.90 Å². The van der Waals surface area contributed by atoms with Gasteiger partial charge in [0.2, 0.25) is 0 Å². The monoisotopic (exact) mass is 337 g/mol. The van der Waals surface area contributed by atoms with Gasteiger partial charge in [-0.05, 0) is 31.2 Å². The summed E-state index contributed by atoms with van der Waals surface area (Å²) in [7, 11) is 3.14. The van der Waals surface area contributed by atoms with Gasteiger partial charge in [0.15, 0.2) is 0 Å². The van der Waals surface area contributed by atoms with Crippen LogP contribution in [0.3, 0.4) is 0 Å². The minimum atomic E-state index is -0.722. The summed E-state index contributed by atoms with van der Waals surface area (Å²) in [6.45, 7) is 2.15. The van der Waals surface area contributed by atoms with E-state index < -0.39 is 6.10 Å². The Hall–Kier alpha value is -1.89. The van der Waals surface area contributed by atoms with E-state index in [4.69, 9.17) is 16.3 Å². The number of aliphatic hydroxyl groups is 1. The van der Waals surface area contributed by atoms with Crippen molar-refractivity contribution in [3.05, 3.63) is 46.7 Å². The minimum absolute atomic E-state index is 0.181. The normalized spacial score (nSPS) is 12.2. The molecule has 7 heteroatoms. The number of likely N-dealkylation sites (N-methyl/N-ethyl adjacent to an activating group) is 1. The highest BCUT2D eigenvalue weighted by Gasteiger charge is 2.20. The number of carbonyl (C=O) groups is 1. The number of amides is 1. The fourth-order valence-corrected chi connectivity index (χ4v) is 2.37. The van der Waals surface area contributed by atoms with Crippen LogP contribution in [0.4, 0.5) is 0 Å². The average Bonchev–Trinajstić information content (AvgIpc) is 2.89. The van der Waals surface area contributed by atoms with E-state index >= 15 is 0 Å². The zero-order valence-corrected chi connectivity index (χ0v) is 14.1. The molecule has 23 heavy (non-hydrogen) atoms. The number of benzene rings is 1. The van der Waals surface area contributed by atoms with Gasteiger partial charge in [0.1, 0.15) is 0 Å². The molecule has 124 valence electrons. The highest BCUT2D eigenvalue weighted by atomic mass is 35.5. The first-order valence-corrected chi connectivity index (χ1v) is 7.55. The molecule has 6 nitrogen and oxygen atoms in total. The molecule has 1 atom stereocenters. The van der Waals surface area contributed by atoms with E-state index in [0.29, 0.717) is 16.3 Å². The van der Waals surface area contributed by atoms with Crippen molar-refractivity contribution in [1.82, 2.24) is 14.7 Å². The van der Waals surface area contributed by atoms with E-state index in [0.717, 1.165) is 5.69 Å². The third-order valence-electron chi connectivity index (χ3n) is 3.41. The second-order valence-corrected chi connectivity index (χ2v) is 5.78.